The summed E-state index contributed by atoms with van der Waals surface area (Å²) in [4.78, 5) is 20.0. The maximum atomic E-state index is 12.3. The maximum absolute atomic E-state index is 12.3. The molecule has 1 amide bonds. The highest BCUT2D eigenvalue weighted by Crippen LogP contribution is 2.12. The molecule has 1 N–H and O–H groups in total. The van der Waals surface area contributed by atoms with E-state index in [1.54, 1.807) is 0 Å². The summed E-state index contributed by atoms with van der Waals surface area (Å²) in [5, 5.41) is 0. The number of hydrogen-bond donors (Lipinski definition) is 1. The number of nitrogens with one attached hydrogen (secondary N) is 1. The van der Waals surface area contributed by atoms with Crippen LogP contribution in [-0.4, -0.2) is 48.6 Å². The quantitative estimate of drug-likeness (QED) is 0.880. The fourth-order valence-electron chi connectivity index (χ4n) is 2.95. The summed E-state index contributed by atoms with van der Waals surface area (Å²) in [6.07, 6.45) is 1.83. The van der Waals surface area contributed by atoms with Crippen molar-refractivity contribution >= 4 is 5.91 Å². The highest BCUT2D eigenvalue weighted by atomic mass is 16.5. The van der Waals surface area contributed by atoms with Gasteiger partial charge in [0.1, 0.15) is 12.3 Å². The minimum atomic E-state index is 0.0633. The van der Waals surface area contributed by atoms with Crippen LogP contribution in [0.2, 0.25) is 0 Å². The number of rotatable bonds is 5. The number of piperazine rings is 1. The summed E-state index contributed by atoms with van der Waals surface area (Å²) in [5.74, 6) is 0.816. The summed E-state index contributed by atoms with van der Waals surface area (Å²) in [5.41, 5.74) is 2.24. The van der Waals surface area contributed by atoms with Crippen LogP contribution in [-0.2, 0) is 11.3 Å². The Balaban J connectivity index is 1.43. The molecule has 3 rings (SSSR count). The van der Waals surface area contributed by atoms with Crippen LogP contribution in [0.3, 0.4) is 0 Å². The van der Waals surface area contributed by atoms with Crippen LogP contribution < -0.4 is 9.64 Å². The van der Waals surface area contributed by atoms with Gasteiger partial charge < -0.3 is 14.5 Å². The Morgan fingerprint density at radius 2 is 2.04 bits per heavy atom. The summed E-state index contributed by atoms with van der Waals surface area (Å²) >= 11 is 0. The lowest BCUT2D eigenvalue weighted by molar-refractivity contribution is -0.917. The molecule has 5 nitrogen and oxygen atoms in total. The molecule has 0 atom stereocenters. The predicted octanol–water partition coefficient (Wildman–Crippen LogP) is 0.696. The van der Waals surface area contributed by atoms with Crippen LogP contribution in [0.5, 0.6) is 5.75 Å². The zero-order valence-corrected chi connectivity index (χ0v) is 14.1. The molecule has 0 spiro atoms. The molecule has 5 heteroatoms. The SMILES string of the molecule is Cc1cccc(OCC(=O)N2CC[NH+](Cc3ccccn3)CC2)c1. The molecule has 24 heavy (non-hydrogen) atoms. The van der Waals surface area contributed by atoms with Crippen LogP contribution >= 0.6 is 0 Å². The molecule has 1 aromatic carbocycles. The third-order valence-electron chi connectivity index (χ3n) is 4.33. The standard InChI is InChI=1S/C19H23N3O2/c1-16-5-4-7-18(13-16)24-15-19(23)22-11-9-21(10-12-22)14-17-6-2-3-8-20-17/h2-8,13H,9-12,14-15H2,1H3/p+1. The Labute approximate surface area is 142 Å². The van der Waals surface area contributed by atoms with Crippen molar-refractivity contribution in [3.63, 3.8) is 0 Å². The van der Waals surface area contributed by atoms with Crippen LogP contribution in [0.4, 0.5) is 0 Å². The van der Waals surface area contributed by atoms with E-state index in [2.05, 4.69) is 11.1 Å². The second-order valence-electron chi connectivity index (χ2n) is 6.23. The van der Waals surface area contributed by atoms with Gasteiger partial charge in [-0.2, -0.15) is 0 Å². The Bertz CT molecular complexity index is 667. The number of hydrogen-bond acceptors (Lipinski definition) is 3. The lowest BCUT2D eigenvalue weighted by Gasteiger charge is -2.32. The first kappa shape index (κ1) is 16.5. The van der Waals surface area contributed by atoms with Crippen LogP contribution in [0.15, 0.2) is 48.7 Å². The van der Waals surface area contributed by atoms with Gasteiger partial charge in [0.2, 0.25) is 0 Å². The Morgan fingerprint density at radius 3 is 2.75 bits per heavy atom. The molecular formula is C19H24N3O2+. The number of carbonyl (C=O) groups is 1. The van der Waals surface area contributed by atoms with Gasteiger partial charge in [0.15, 0.2) is 6.61 Å². The van der Waals surface area contributed by atoms with Crippen molar-refractivity contribution in [1.29, 1.82) is 0 Å². The van der Waals surface area contributed by atoms with Gasteiger partial charge in [0.05, 0.1) is 31.9 Å². The first-order valence-electron chi connectivity index (χ1n) is 8.41. The zero-order valence-electron chi connectivity index (χ0n) is 14.1. The van der Waals surface area contributed by atoms with Crippen molar-refractivity contribution in [3.05, 3.63) is 59.9 Å². The molecule has 1 saturated heterocycles. The summed E-state index contributed by atoms with van der Waals surface area (Å²) < 4.78 is 5.62. The maximum Gasteiger partial charge on any atom is 0.260 e. The van der Waals surface area contributed by atoms with Gasteiger partial charge in [-0.15, -0.1) is 0 Å². The number of ether oxygens (including phenoxy) is 1. The fourth-order valence-corrected chi connectivity index (χ4v) is 2.95. The van der Waals surface area contributed by atoms with E-state index in [1.165, 1.54) is 4.90 Å². The van der Waals surface area contributed by atoms with E-state index in [0.717, 1.165) is 49.7 Å². The van der Waals surface area contributed by atoms with Gasteiger partial charge in [-0.05, 0) is 36.8 Å². The molecule has 1 aliphatic rings. The van der Waals surface area contributed by atoms with Crippen molar-refractivity contribution in [2.45, 2.75) is 13.5 Å². The summed E-state index contributed by atoms with van der Waals surface area (Å²) in [7, 11) is 0. The largest absolute Gasteiger partial charge is 0.484 e. The topological polar surface area (TPSA) is 46.9 Å². The van der Waals surface area contributed by atoms with E-state index >= 15 is 0 Å². The third-order valence-corrected chi connectivity index (χ3v) is 4.33. The molecule has 1 fully saturated rings. The molecule has 126 valence electrons. The van der Waals surface area contributed by atoms with Gasteiger partial charge in [-0.3, -0.25) is 9.78 Å². The molecule has 1 aliphatic heterocycles. The predicted molar refractivity (Wildman–Crippen MR) is 91.9 cm³/mol. The molecule has 0 aliphatic carbocycles. The van der Waals surface area contributed by atoms with Gasteiger partial charge in [0.25, 0.3) is 5.91 Å². The normalized spacial score (nSPS) is 15.3. The average molecular weight is 326 g/mol. The summed E-state index contributed by atoms with van der Waals surface area (Å²) in [6.45, 7) is 6.50. The smallest absolute Gasteiger partial charge is 0.260 e. The molecule has 0 saturated carbocycles. The van der Waals surface area contributed by atoms with Crippen molar-refractivity contribution in [3.8, 4) is 5.75 Å². The monoisotopic (exact) mass is 326 g/mol. The molecule has 0 bridgehead atoms. The zero-order chi connectivity index (χ0) is 16.8. The molecule has 1 aromatic heterocycles. The Morgan fingerprint density at radius 1 is 1.21 bits per heavy atom. The number of quaternary nitrogens is 1. The lowest BCUT2D eigenvalue weighted by Crippen LogP contribution is -3.13. The van der Waals surface area contributed by atoms with Gasteiger partial charge in [-0.1, -0.05) is 18.2 Å². The van der Waals surface area contributed by atoms with Crippen LogP contribution in [0.1, 0.15) is 11.3 Å². The second-order valence-corrected chi connectivity index (χ2v) is 6.23. The number of amides is 1. The molecule has 0 unspecified atom stereocenters. The molecular weight excluding hydrogens is 302 g/mol. The fraction of sp³-hybridized carbons (Fsp3) is 0.368. The number of nitrogens with zero attached hydrogens (tertiary/aromatic N) is 2. The van der Waals surface area contributed by atoms with E-state index in [1.807, 2.05) is 54.4 Å². The number of carbonyl (C=O) groups excluding carboxylic acids is 1. The van der Waals surface area contributed by atoms with E-state index in [4.69, 9.17) is 4.74 Å². The van der Waals surface area contributed by atoms with Crippen LogP contribution in [0, 0.1) is 6.92 Å². The van der Waals surface area contributed by atoms with Gasteiger partial charge in [-0.25, -0.2) is 0 Å². The van der Waals surface area contributed by atoms with E-state index in [0.29, 0.717) is 0 Å². The third kappa shape index (κ3) is 4.55. The lowest BCUT2D eigenvalue weighted by atomic mass is 10.2. The van der Waals surface area contributed by atoms with Gasteiger partial charge >= 0.3 is 0 Å². The minimum absolute atomic E-state index is 0.0633. The van der Waals surface area contributed by atoms with E-state index in [-0.39, 0.29) is 12.5 Å². The molecule has 2 heterocycles. The number of aromatic nitrogens is 1. The Kier molecular flexibility index (Phi) is 5.43. The second kappa shape index (κ2) is 7.93. The van der Waals surface area contributed by atoms with Gasteiger partial charge in [0, 0.05) is 6.20 Å². The van der Waals surface area contributed by atoms with E-state index in [9.17, 15) is 4.79 Å². The average Bonchev–Trinajstić information content (AvgIpc) is 2.61. The Hall–Kier alpha value is -2.40. The first-order valence-corrected chi connectivity index (χ1v) is 8.41. The van der Waals surface area contributed by atoms with Crippen molar-refractivity contribution in [2.75, 3.05) is 32.8 Å². The summed E-state index contributed by atoms with van der Waals surface area (Å²) in [6, 6.07) is 13.8. The highest BCUT2D eigenvalue weighted by molar-refractivity contribution is 5.77. The molecule has 0 radical (unpaired) electrons. The van der Waals surface area contributed by atoms with Crippen molar-refractivity contribution in [1.82, 2.24) is 9.88 Å². The van der Waals surface area contributed by atoms with E-state index < -0.39 is 0 Å². The first-order chi connectivity index (χ1) is 11.7. The van der Waals surface area contributed by atoms with Crippen molar-refractivity contribution < 1.29 is 14.4 Å². The van der Waals surface area contributed by atoms with Crippen LogP contribution in [0.25, 0.3) is 0 Å². The number of aryl methyl sites for hydroxylation is 1. The number of benzene rings is 1. The number of pyridine rings is 1. The van der Waals surface area contributed by atoms with Crippen molar-refractivity contribution in [2.24, 2.45) is 0 Å². The minimum Gasteiger partial charge on any atom is -0.484 e. The highest BCUT2D eigenvalue weighted by Gasteiger charge is 2.24. The molecule has 2 aromatic rings.